The molecule has 0 N–H and O–H groups in total. The fourth-order valence-electron chi connectivity index (χ4n) is 9.61. The Bertz CT molecular complexity index is 3690. The van der Waals surface area contributed by atoms with Gasteiger partial charge in [0.2, 0.25) is 0 Å². The summed E-state index contributed by atoms with van der Waals surface area (Å²) in [5, 5.41) is 1.09. The van der Waals surface area contributed by atoms with Crippen LogP contribution in [0.25, 0.3) is 78.8 Å². The Kier molecular flexibility index (Phi) is 18.0. The number of hydrogen-bond donors (Lipinski definition) is 0. The summed E-state index contributed by atoms with van der Waals surface area (Å²) in [7, 11) is 0. The van der Waals surface area contributed by atoms with Crippen molar-refractivity contribution in [1.82, 2.24) is 38.2 Å². The zero-order valence-corrected chi connectivity index (χ0v) is 48.6. The minimum absolute atomic E-state index is 0. The van der Waals surface area contributed by atoms with Crippen molar-refractivity contribution >= 4 is 21.9 Å². The van der Waals surface area contributed by atoms with Crippen LogP contribution in [0, 0.1) is 65.6 Å². The summed E-state index contributed by atoms with van der Waals surface area (Å²) in [5.74, 6) is 2.27. The molecule has 0 saturated heterocycles. The number of para-hydroxylation sites is 2. The molecule has 0 unspecified atom stereocenters. The number of rotatable bonds is 7. The second kappa shape index (κ2) is 24.4. The predicted molar refractivity (Wildman–Crippen MR) is 284 cm³/mol. The van der Waals surface area contributed by atoms with E-state index in [4.69, 9.17) is 9.97 Å². The third-order valence-corrected chi connectivity index (χ3v) is 12.4. The van der Waals surface area contributed by atoms with Gasteiger partial charge in [0.15, 0.2) is 0 Å². The molecule has 12 rings (SSSR count). The van der Waals surface area contributed by atoms with Gasteiger partial charge in [-0.05, 0) is 106 Å². The topological polar surface area (TPSA) is 71.3 Å². The van der Waals surface area contributed by atoms with E-state index in [1.807, 2.05) is 96.3 Å². The number of aromatic nitrogens is 8. The molecule has 74 heavy (non-hydrogen) atoms. The fourth-order valence-corrected chi connectivity index (χ4v) is 9.61. The normalized spacial score (nSPS) is 10.6. The van der Waals surface area contributed by atoms with Crippen LogP contribution in [0.4, 0.5) is 4.39 Å². The van der Waals surface area contributed by atoms with E-state index >= 15 is 0 Å². The average Bonchev–Trinajstić information content (AvgIpc) is 4.22. The second-order valence-electron chi connectivity index (χ2n) is 17.6. The van der Waals surface area contributed by atoms with Gasteiger partial charge < -0.3 is 18.3 Å². The van der Waals surface area contributed by atoms with Crippen LogP contribution in [0.1, 0.15) is 33.4 Å². The van der Waals surface area contributed by atoms with E-state index in [1.165, 1.54) is 51.2 Å². The molecule has 375 valence electrons. The molecular formula is C62H50FIr3N8-3. The molecule has 0 aliphatic heterocycles. The number of nitrogens with zero attached hydrogens (tertiary/aromatic N) is 8. The number of fused-ring (bicyclic) bond motifs is 3. The standard InChI is InChI=1S/C29H23N4.C18H16FN2.C15H11N2.3Ir/c1-19-16-20(2)28(21(3)17-19)32-15-14-31-29(32)22-11-12-25-24(18-22)27-26(10-7-13-30-27)33(25)23-8-5-4-6-9-23;1-12-10-13(2)17(14(3)11-12)21-9-8-20-18(21)15-4-6-16(19)7-5-15;1-3-7-13(8-4-1)15-16-11-12-17(15)14-9-5-2-6-10-14;;;/h4-10,12-18H,1-3H3;4,6-11H,1-3H3;1-7,9-12H;;;/q3*-1;;;. The first-order valence-corrected chi connectivity index (χ1v) is 23.5. The molecule has 0 spiro atoms. The van der Waals surface area contributed by atoms with E-state index in [9.17, 15) is 4.39 Å². The Balaban J connectivity index is 0.000000169. The van der Waals surface area contributed by atoms with Crippen LogP contribution in [0.3, 0.4) is 0 Å². The van der Waals surface area contributed by atoms with Crippen LogP contribution < -0.4 is 0 Å². The van der Waals surface area contributed by atoms with E-state index in [2.05, 4.69) is 162 Å². The fraction of sp³-hybridized carbons (Fsp3) is 0.0968. The molecule has 0 atom stereocenters. The van der Waals surface area contributed by atoms with Crippen molar-refractivity contribution < 1.29 is 64.7 Å². The van der Waals surface area contributed by atoms with Crippen LogP contribution in [0.15, 0.2) is 195 Å². The van der Waals surface area contributed by atoms with Crippen LogP contribution in [-0.2, 0) is 60.3 Å². The summed E-state index contributed by atoms with van der Waals surface area (Å²) < 4.78 is 21.6. The summed E-state index contributed by atoms with van der Waals surface area (Å²) >= 11 is 0. The Morgan fingerprint density at radius 3 is 1.46 bits per heavy atom. The first-order valence-electron chi connectivity index (χ1n) is 23.5. The van der Waals surface area contributed by atoms with Gasteiger partial charge in [0.1, 0.15) is 0 Å². The number of benzene rings is 7. The third-order valence-electron chi connectivity index (χ3n) is 12.4. The van der Waals surface area contributed by atoms with Gasteiger partial charge in [-0.2, -0.15) is 0 Å². The Hall–Kier alpha value is -7.00. The number of aryl methyl sites for hydroxylation is 6. The van der Waals surface area contributed by atoms with Crippen molar-refractivity contribution in [2.75, 3.05) is 0 Å². The number of imidazole rings is 3. The minimum atomic E-state index is -0.292. The summed E-state index contributed by atoms with van der Waals surface area (Å²) in [6.45, 7) is 12.7. The number of pyridine rings is 1. The summed E-state index contributed by atoms with van der Waals surface area (Å²) in [6.07, 6.45) is 13.2. The maximum Gasteiger partial charge on any atom is 0.0771 e. The van der Waals surface area contributed by atoms with Crippen molar-refractivity contribution in [3.8, 4) is 56.9 Å². The van der Waals surface area contributed by atoms with Gasteiger partial charge in [-0.15, -0.1) is 89.5 Å². The summed E-state index contributed by atoms with van der Waals surface area (Å²) in [6, 6.07) is 59.7. The molecule has 0 aliphatic rings. The van der Waals surface area contributed by atoms with Crippen LogP contribution in [0.2, 0.25) is 0 Å². The van der Waals surface area contributed by atoms with E-state index in [1.54, 1.807) is 12.3 Å². The zero-order valence-electron chi connectivity index (χ0n) is 41.4. The Morgan fingerprint density at radius 1 is 0.419 bits per heavy atom. The average molecular weight is 1500 g/mol. The molecule has 12 heteroatoms. The van der Waals surface area contributed by atoms with Gasteiger partial charge >= 0.3 is 0 Å². The van der Waals surface area contributed by atoms with E-state index in [-0.39, 0.29) is 66.1 Å². The van der Waals surface area contributed by atoms with Gasteiger partial charge in [-0.3, -0.25) is 24.3 Å². The van der Waals surface area contributed by atoms with Crippen molar-refractivity contribution in [3.63, 3.8) is 0 Å². The SMILES string of the molecule is Cc1cc(C)c(-n2ccnc2-c2[c-]cc(F)cc2)c(C)c1.Cc1cc(C)c(-n2ccnc2-c2[c-]cc3c(c2)c2ncccc2n3-c2ccccc2)c(C)c1.[Ir].[Ir].[Ir].[c-]1ccccc1-c1nccn1-c1ccccc1. The molecule has 0 bridgehead atoms. The molecule has 0 saturated carbocycles. The monoisotopic (exact) mass is 1500 g/mol. The van der Waals surface area contributed by atoms with Crippen molar-refractivity contribution in [3.05, 3.63) is 252 Å². The van der Waals surface area contributed by atoms with Gasteiger partial charge in [0, 0.05) is 132 Å². The predicted octanol–water partition coefficient (Wildman–Crippen LogP) is 14.5. The molecule has 8 nitrogen and oxygen atoms in total. The molecule has 3 radical (unpaired) electrons. The van der Waals surface area contributed by atoms with E-state index in [0.717, 1.165) is 73.2 Å². The smallest absolute Gasteiger partial charge is 0.0771 e. The Morgan fingerprint density at radius 2 is 0.919 bits per heavy atom. The van der Waals surface area contributed by atoms with Crippen LogP contribution in [0.5, 0.6) is 0 Å². The molecule has 7 aromatic carbocycles. The molecular weight excluding hydrogens is 1450 g/mol. The minimum Gasteiger partial charge on any atom is -0.349 e. The summed E-state index contributed by atoms with van der Waals surface area (Å²) in [5.41, 5.74) is 17.7. The van der Waals surface area contributed by atoms with E-state index in [0.29, 0.717) is 0 Å². The quantitative estimate of drug-likeness (QED) is 0.149. The largest absolute Gasteiger partial charge is 0.349 e. The first kappa shape index (κ1) is 54.8. The zero-order chi connectivity index (χ0) is 49.0. The maximum absolute atomic E-state index is 13.1. The third kappa shape index (κ3) is 11.4. The molecule has 5 aromatic heterocycles. The first-order chi connectivity index (χ1) is 34.6. The van der Waals surface area contributed by atoms with Crippen LogP contribution >= 0.6 is 0 Å². The van der Waals surface area contributed by atoms with Gasteiger partial charge in [-0.1, -0.05) is 77.2 Å². The van der Waals surface area contributed by atoms with Gasteiger partial charge in [0.25, 0.3) is 0 Å². The van der Waals surface area contributed by atoms with Crippen LogP contribution in [-0.4, -0.2) is 38.2 Å². The molecule has 0 amide bonds. The molecule has 0 aliphatic carbocycles. The van der Waals surface area contributed by atoms with Crippen molar-refractivity contribution in [1.29, 1.82) is 0 Å². The maximum atomic E-state index is 13.1. The van der Waals surface area contributed by atoms with Gasteiger partial charge in [-0.25, -0.2) is 0 Å². The van der Waals surface area contributed by atoms with Crippen molar-refractivity contribution in [2.24, 2.45) is 0 Å². The number of hydrogen-bond acceptors (Lipinski definition) is 4. The second-order valence-corrected chi connectivity index (χ2v) is 17.6. The van der Waals surface area contributed by atoms with Gasteiger partial charge in [0.05, 0.1) is 28.5 Å². The number of halogens is 1. The Labute approximate surface area is 472 Å². The van der Waals surface area contributed by atoms with E-state index < -0.39 is 0 Å². The molecule has 5 heterocycles. The van der Waals surface area contributed by atoms with Crippen molar-refractivity contribution in [2.45, 2.75) is 41.5 Å². The summed E-state index contributed by atoms with van der Waals surface area (Å²) in [4.78, 5) is 18.3. The molecule has 0 fully saturated rings. The molecule has 12 aromatic rings.